The number of benzene rings is 2. The van der Waals surface area contributed by atoms with Crippen LogP contribution in [0.1, 0.15) is 16.1 Å². The van der Waals surface area contributed by atoms with Crippen molar-refractivity contribution in [3.8, 4) is 11.5 Å². The average molecular weight is 337 g/mol. The molecule has 0 aliphatic carbocycles. The molecular weight excluding hydrogens is 318 g/mol. The molecule has 0 radical (unpaired) electrons. The molecule has 0 spiro atoms. The van der Waals surface area contributed by atoms with Gasteiger partial charge >= 0.3 is 0 Å². The Morgan fingerprint density at radius 1 is 1.12 bits per heavy atom. The largest absolute Gasteiger partial charge is 0.497 e. The molecule has 0 saturated carbocycles. The van der Waals surface area contributed by atoms with Crippen molar-refractivity contribution in [2.75, 3.05) is 13.7 Å². The van der Waals surface area contributed by atoms with Gasteiger partial charge in [-0.3, -0.25) is 9.36 Å². The molecule has 0 amide bonds. The van der Waals surface area contributed by atoms with Gasteiger partial charge in [0.15, 0.2) is 6.61 Å². The van der Waals surface area contributed by atoms with E-state index in [-0.39, 0.29) is 18.9 Å². The van der Waals surface area contributed by atoms with Gasteiger partial charge in [-0.15, -0.1) is 0 Å². The summed E-state index contributed by atoms with van der Waals surface area (Å²) in [4.78, 5) is 23.8. The lowest BCUT2D eigenvalue weighted by Gasteiger charge is -2.09. The Morgan fingerprint density at radius 2 is 1.88 bits per heavy atom. The fraction of sp³-hybridized carbons (Fsp3) is 0.200. The molecule has 1 heterocycles. The molecule has 0 aliphatic heterocycles. The number of para-hydroxylation sites is 1. The van der Waals surface area contributed by atoms with E-state index in [4.69, 9.17) is 9.47 Å². The molecule has 5 heteroatoms. The molecule has 0 atom stereocenters. The maximum atomic E-state index is 12.7. The second kappa shape index (κ2) is 7.21. The minimum Gasteiger partial charge on any atom is -0.497 e. The maximum absolute atomic E-state index is 12.7. The van der Waals surface area contributed by atoms with Crippen molar-refractivity contribution >= 4 is 23.1 Å². The number of aromatic nitrogens is 1. The first-order valence-corrected chi connectivity index (χ1v) is 7.98. The number of carbonyl (C=O) groups excluding carboxylic acids is 2. The molecule has 0 N–H and O–H groups in total. The third-order valence-electron chi connectivity index (χ3n) is 4.18. The molecule has 0 unspecified atom stereocenters. The highest BCUT2D eigenvalue weighted by atomic mass is 16.5. The Kier molecular flexibility index (Phi) is 4.84. The van der Waals surface area contributed by atoms with Crippen LogP contribution < -0.4 is 9.47 Å². The van der Waals surface area contributed by atoms with Gasteiger partial charge in [0.2, 0.25) is 0 Å². The zero-order chi connectivity index (χ0) is 17.8. The molecule has 128 valence electrons. The average Bonchev–Trinajstić information content (AvgIpc) is 2.92. The summed E-state index contributed by atoms with van der Waals surface area (Å²) in [6.45, 7) is 1.76. The van der Waals surface area contributed by atoms with E-state index in [9.17, 15) is 9.59 Å². The lowest BCUT2D eigenvalue weighted by Crippen LogP contribution is -2.20. The molecule has 0 bridgehead atoms. The fourth-order valence-electron chi connectivity index (χ4n) is 2.98. The summed E-state index contributed by atoms with van der Waals surface area (Å²) in [6, 6.07) is 14.7. The Hall–Kier alpha value is -3.08. The number of nitrogens with zero attached hydrogens (tertiary/aromatic N) is 1. The van der Waals surface area contributed by atoms with Crippen molar-refractivity contribution in [3.05, 3.63) is 59.8 Å². The fourth-order valence-corrected chi connectivity index (χ4v) is 2.98. The highest BCUT2D eigenvalue weighted by Gasteiger charge is 2.19. The van der Waals surface area contributed by atoms with E-state index in [1.807, 2.05) is 37.3 Å². The Morgan fingerprint density at radius 3 is 2.56 bits per heavy atom. The first kappa shape index (κ1) is 16.8. The number of rotatable bonds is 6. The van der Waals surface area contributed by atoms with Crippen LogP contribution in [-0.4, -0.2) is 30.5 Å². The number of methoxy groups -OCH3 is 1. The predicted octanol–water partition coefficient (Wildman–Crippen LogP) is 3.42. The van der Waals surface area contributed by atoms with Crippen LogP contribution in [0.15, 0.2) is 48.5 Å². The first-order valence-electron chi connectivity index (χ1n) is 7.98. The van der Waals surface area contributed by atoms with Gasteiger partial charge in [0.05, 0.1) is 12.6 Å². The molecule has 3 aromatic rings. The lowest BCUT2D eigenvalue weighted by molar-refractivity contribution is -0.107. The summed E-state index contributed by atoms with van der Waals surface area (Å²) in [5, 5.41) is 0.844. The van der Waals surface area contributed by atoms with Gasteiger partial charge in [-0.1, -0.05) is 18.2 Å². The topological polar surface area (TPSA) is 57.5 Å². The maximum Gasteiger partial charge on any atom is 0.269 e. The third kappa shape index (κ3) is 3.26. The smallest absolute Gasteiger partial charge is 0.269 e. The molecule has 0 fully saturated rings. The third-order valence-corrected chi connectivity index (χ3v) is 4.18. The van der Waals surface area contributed by atoms with Crippen molar-refractivity contribution in [2.24, 2.45) is 0 Å². The Labute approximate surface area is 145 Å². The second-order valence-corrected chi connectivity index (χ2v) is 5.65. The summed E-state index contributed by atoms with van der Waals surface area (Å²) in [7, 11) is 1.59. The van der Waals surface area contributed by atoms with Crippen LogP contribution in [0.3, 0.4) is 0 Å². The summed E-state index contributed by atoms with van der Waals surface area (Å²) in [5.74, 6) is 1.14. The molecule has 25 heavy (non-hydrogen) atoms. The number of ether oxygens (including phenoxy) is 2. The minimum atomic E-state index is -0.186. The van der Waals surface area contributed by atoms with E-state index in [1.54, 1.807) is 29.9 Å². The molecule has 0 aliphatic rings. The number of hydrogen-bond acceptors (Lipinski definition) is 4. The van der Waals surface area contributed by atoms with Gasteiger partial charge < -0.3 is 14.3 Å². The van der Waals surface area contributed by atoms with E-state index in [1.165, 1.54) is 0 Å². The van der Waals surface area contributed by atoms with Crippen LogP contribution in [-0.2, 0) is 11.2 Å². The van der Waals surface area contributed by atoms with Crippen LogP contribution in [0.5, 0.6) is 11.5 Å². The van der Waals surface area contributed by atoms with Gasteiger partial charge in [0.25, 0.3) is 5.91 Å². The standard InChI is InChI=1S/C20H19NO4/c1-14-17(10-11-22)18-12-16(24-2)8-9-19(18)21(14)20(23)13-25-15-6-4-3-5-7-15/h3-9,11-12H,10,13H2,1-2H3. The highest BCUT2D eigenvalue weighted by Crippen LogP contribution is 2.29. The van der Waals surface area contributed by atoms with Crippen molar-refractivity contribution < 1.29 is 19.1 Å². The van der Waals surface area contributed by atoms with E-state index in [2.05, 4.69) is 0 Å². The summed E-state index contributed by atoms with van der Waals surface area (Å²) >= 11 is 0. The summed E-state index contributed by atoms with van der Waals surface area (Å²) in [6.07, 6.45) is 1.09. The minimum absolute atomic E-state index is 0.0822. The van der Waals surface area contributed by atoms with E-state index in [0.717, 1.165) is 28.4 Å². The normalized spacial score (nSPS) is 10.6. The Balaban J connectivity index is 1.98. The monoisotopic (exact) mass is 337 g/mol. The predicted molar refractivity (Wildman–Crippen MR) is 95.6 cm³/mol. The van der Waals surface area contributed by atoms with Crippen molar-refractivity contribution in [2.45, 2.75) is 13.3 Å². The van der Waals surface area contributed by atoms with Crippen molar-refractivity contribution in [3.63, 3.8) is 0 Å². The van der Waals surface area contributed by atoms with Gasteiger partial charge in [-0.2, -0.15) is 0 Å². The zero-order valence-electron chi connectivity index (χ0n) is 14.2. The Bertz CT molecular complexity index is 912. The van der Waals surface area contributed by atoms with Crippen molar-refractivity contribution in [1.29, 1.82) is 0 Å². The van der Waals surface area contributed by atoms with E-state index >= 15 is 0 Å². The van der Waals surface area contributed by atoms with E-state index < -0.39 is 0 Å². The van der Waals surface area contributed by atoms with E-state index in [0.29, 0.717) is 11.5 Å². The number of aldehydes is 1. The number of fused-ring (bicyclic) bond motifs is 1. The number of hydrogen-bond donors (Lipinski definition) is 0. The van der Waals surface area contributed by atoms with Gasteiger partial charge in [-0.05, 0) is 42.8 Å². The van der Waals surface area contributed by atoms with Crippen LogP contribution in [0.2, 0.25) is 0 Å². The molecule has 5 nitrogen and oxygen atoms in total. The molecule has 1 aromatic heterocycles. The second-order valence-electron chi connectivity index (χ2n) is 5.65. The van der Waals surface area contributed by atoms with Crippen LogP contribution in [0.4, 0.5) is 0 Å². The molecule has 0 saturated heterocycles. The summed E-state index contributed by atoms with van der Waals surface area (Å²) in [5.41, 5.74) is 2.32. The van der Waals surface area contributed by atoms with Crippen LogP contribution >= 0.6 is 0 Å². The lowest BCUT2D eigenvalue weighted by atomic mass is 10.1. The molecule has 3 rings (SSSR count). The van der Waals surface area contributed by atoms with Gasteiger partial charge in [0, 0.05) is 17.5 Å². The SMILES string of the molecule is COc1ccc2c(c1)c(CC=O)c(C)n2C(=O)COc1ccccc1. The number of carbonyl (C=O) groups is 2. The molecular formula is C20H19NO4. The first-order chi connectivity index (χ1) is 12.2. The summed E-state index contributed by atoms with van der Waals surface area (Å²) < 4.78 is 12.4. The van der Waals surface area contributed by atoms with Gasteiger partial charge in [-0.25, -0.2) is 0 Å². The van der Waals surface area contributed by atoms with Crippen molar-refractivity contribution in [1.82, 2.24) is 4.57 Å². The highest BCUT2D eigenvalue weighted by molar-refractivity contribution is 5.98. The quantitative estimate of drug-likeness (QED) is 0.647. The molecule has 2 aromatic carbocycles. The zero-order valence-corrected chi connectivity index (χ0v) is 14.2. The van der Waals surface area contributed by atoms with Crippen LogP contribution in [0, 0.1) is 6.92 Å². The van der Waals surface area contributed by atoms with Gasteiger partial charge in [0.1, 0.15) is 17.8 Å². The van der Waals surface area contributed by atoms with Crippen LogP contribution in [0.25, 0.3) is 10.9 Å².